The van der Waals surface area contributed by atoms with Crippen LogP contribution in [0.4, 0.5) is 13.2 Å². The molecule has 0 spiro atoms. The summed E-state index contributed by atoms with van der Waals surface area (Å²) in [7, 11) is 0. The van der Waals surface area contributed by atoms with Crippen LogP contribution in [0.3, 0.4) is 0 Å². The molecule has 22 heavy (non-hydrogen) atoms. The lowest BCUT2D eigenvalue weighted by Crippen LogP contribution is -2.45. The molecule has 0 aromatic heterocycles. The van der Waals surface area contributed by atoms with Crippen LogP contribution in [0.5, 0.6) is 5.75 Å². The first kappa shape index (κ1) is 17.1. The summed E-state index contributed by atoms with van der Waals surface area (Å²) in [5.41, 5.74) is 0.0942. The molecule has 1 N–H and O–H groups in total. The van der Waals surface area contributed by atoms with Crippen molar-refractivity contribution >= 4 is 0 Å². The molecule has 1 aliphatic heterocycles. The second kappa shape index (κ2) is 6.46. The maximum absolute atomic E-state index is 12.2. The molecule has 0 amide bonds. The van der Waals surface area contributed by atoms with Gasteiger partial charge >= 0.3 is 6.18 Å². The van der Waals surface area contributed by atoms with E-state index in [-0.39, 0.29) is 11.8 Å². The second-order valence-electron chi connectivity index (χ2n) is 6.33. The summed E-state index contributed by atoms with van der Waals surface area (Å²) in [6, 6.07) is 6.77. The highest BCUT2D eigenvalue weighted by molar-refractivity contribution is 5.28. The molecule has 1 unspecified atom stereocenters. The molecule has 0 radical (unpaired) electrons. The van der Waals surface area contributed by atoms with Crippen molar-refractivity contribution < 1.29 is 23.0 Å². The SMILES string of the molecule is CC(C)(O)C1CCCN1Cc1cccc(OCC(F)(F)F)c1. The van der Waals surface area contributed by atoms with Gasteiger partial charge in [0.15, 0.2) is 6.61 Å². The van der Waals surface area contributed by atoms with Gasteiger partial charge in [-0.3, -0.25) is 4.90 Å². The van der Waals surface area contributed by atoms with E-state index in [0.29, 0.717) is 6.54 Å². The third-order valence-corrected chi connectivity index (χ3v) is 3.87. The Hall–Kier alpha value is -1.27. The zero-order chi connectivity index (χ0) is 16.4. The maximum Gasteiger partial charge on any atom is 0.422 e. The lowest BCUT2D eigenvalue weighted by Gasteiger charge is -2.33. The number of nitrogens with zero attached hydrogens (tertiary/aromatic N) is 1. The Morgan fingerprint density at radius 1 is 1.32 bits per heavy atom. The van der Waals surface area contributed by atoms with E-state index in [4.69, 9.17) is 4.74 Å². The van der Waals surface area contributed by atoms with Crippen LogP contribution in [0.2, 0.25) is 0 Å². The van der Waals surface area contributed by atoms with E-state index in [1.165, 1.54) is 6.07 Å². The fraction of sp³-hybridized carbons (Fsp3) is 0.625. The Morgan fingerprint density at radius 3 is 2.68 bits per heavy atom. The Labute approximate surface area is 128 Å². The minimum absolute atomic E-state index is 0.0623. The summed E-state index contributed by atoms with van der Waals surface area (Å²) < 4.78 is 41.3. The number of rotatable bonds is 5. The quantitative estimate of drug-likeness (QED) is 0.904. The number of alkyl halides is 3. The number of hydrogen-bond acceptors (Lipinski definition) is 3. The van der Waals surface area contributed by atoms with Crippen LogP contribution in [0.1, 0.15) is 32.3 Å². The molecular weight excluding hydrogens is 295 g/mol. The highest BCUT2D eigenvalue weighted by Gasteiger charge is 2.35. The number of aliphatic hydroxyl groups is 1. The van der Waals surface area contributed by atoms with E-state index in [2.05, 4.69) is 4.90 Å². The van der Waals surface area contributed by atoms with E-state index >= 15 is 0 Å². The summed E-state index contributed by atoms with van der Waals surface area (Å²) >= 11 is 0. The van der Waals surface area contributed by atoms with Gasteiger partial charge in [0.25, 0.3) is 0 Å². The third kappa shape index (κ3) is 4.88. The highest BCUT2D eigenvalue weighted by atomic mass is 19.4. The Morgan fingerprint density at radius 2 is 2.05 bits per heavy atom. The molecule has 1 aromatic rings. The summed E-state index contributed by atoms with van der Waals surface area (Å²) in [5, 5.41) is 10.2. The van der Waals surface area contributed by atoms with Gasteiger partial charge in [-0.05, 0) is 50.9 Å². The summed E-state index contributed by atoms with van der Waals surface area (Å²) in [5.74, 6) is 0.217. The van der Waals surface area contributed by atoms with Gasteiger partial charge in [0, 0.05) is 12.6 Å². The van der Waals surface area contributed by atoms with Crippen LogP contribution in [0, 0.1) is 0 Å². The molecule has 3 nitrogen and oxygen atoms in total. The lowest BCUT2D eigenvalue weighted by atomic mass is 9.96. The number of likely N-dealkylation sites (tertiary alicyclic amines) is 1. The fourth-order valence-electron chi connectivity index (χ4n) is 2.95. The van der Waals surface area contributed by atoms with Crippen molar-refractivity contribution in [3.63, 3.8) is 0 Å². The van der Waals surface area contributed by atoms with E-state index in [1.54, 1.807) is 26.0 Å². The first-order valence-corrected chi connectivity index (χ1v) is 7.40. The summed E-state index contributed by atoms with van der Waals surface area (Å²) in [6.45, 7) is 3.77. The predicted octanol–water partition coefficient (Wildman–Crippen LogP) is 3.36. The molecule has 0 aliphatic carbocycles. The number of hydrogen-bond donors (Lipinski definition) is 1. The Balaban J connectivity index is 2.01. The van der Waals surface area contributed by atoms with Crippen molar-refractivity contribution in [1.29, 1.82) is 0 Å². The van der Waals surface area contributed by atoms with Crippen LogP contribution >= 0.6 is 0 Å². The average molecular weight is 317 g/mol. The first-order valence-electron chi connectivity index (χ1n) is 7.40. The van der Waals surface area contributed by atoms with Crippen molar-refractivity contribution in [3.8, 4) is 5.75 Å². The minimum atomic E-state index is -4.34. The third-order valence-electron chi connectivity index (χ3n) is 3.87. The smallest absolute Gasteiger partial charge is 0.422 e. The maximum atomic E-state index is 12.2. The zero-order valence-electron chi connectivity index (χ0n) is 12.9. The summed E-state index contributed by atoms with van der Waals surface area (Å²) in [6.07, 6.45) is -2.40. The first-order chi connectivity index (χ1) is 10.1. The summed E-state index contributed by atoms with van der Waals surface area (Å²) in [4.78, 5) is 2.17. The van der Waals surface area contributed by atoms with E-state index < -0.39 is 18.4 Å². The number of benzene rings is 1. The van der Waals surface area contributed by atoms with Crippen LogP contribution in [-0.2, 0) is 6.54 Å². The number of ether oxygens (including phenoxy) is 1. The molecular formula is C16H22F3NO2. The van der Waals surface area contributed by atoms with Gasteiger partial charge in [0.1, 0.15) is 5.75 Å². The van der Waals surface area contributed by atoms with Crippen molar-refractivity contribution in [1.82, 2.24) is 4.90 Å². The van der Waals surface area contributed by atoms with Gasteiger partial charge < -0.3 is 9.84 Å². The normalized spacial score (nSPS) is 20.4. The van der Waals surface area contributed by atoms with Crippen molar-refractivity contribution in [3.05, 3.63) is 29.8 Å². The minimum Gasteiger partial charge on any atom is -0.484 e. The predicted molar refractivity (Wildman–Crippen MR) is 77.7 cm³/mol. The Kier molecular flexibility index (Phi) is 5.02. The molecule has 1 saturated heterocycles. The zero-order valence-corrected chi connectivity index (χ0v) is 12.9. The molecule has 1 aromatic carbocycles. The van der Waals surface area contributed by atoms with Crippen LogP contribution in [0.25, 0.3) is 0 Å². The van der Waals surface area contributed by atoms with Crippen molar-refractivity contribution in [2.45, 2.75) is 51.1 Å². The largest absolute Gasteiger partial charge is 0.484 e. The average Bonchev–Trinajstić information content (AvgIpc) is 2.84. The van der Waals surface area contributed by atoms with Gasteiger partial charge in [0.05, 0.1) is 5.60 Å². The molecule has 1 atom stereocenters. The molecule has 1 fully saturated rings. The molecule has 0 saturated carbocycles. The van der Waals surface area contributed by atoms with Crippen LogP contribution in [0.15, 0.2) is 24.3 Å². The van der Waals surface area contributed by atoms with Crippen molar-refractivity contribution in [2.75, 3.05) is 13.2 Å². The van der Waals surface area contributed by atoms with E-state index in [1.807, 2.05) is 6.07 Å². The monoisotopic (exact) mass is 317 g/mol. The standard InChI is InChI=1S/C16H22F3NO2/c1-15(2,21)14-7-4-8-20(14)10-12-5-3-6-13(9-12)22-11-16(17,18)19/h3,5-6,9,14,21H,4,7-8,10-11H2,1-2H3. The second-order valence-corrected chi connectivity index (χ2v) is 6.33. The highest BCUT2D eigenvalue weighted by Crippen LogP contribution is 2.29. The molecule has 0 bridgehead atoms. The molecule has 6 heteroatoms. The molecule has 2 rings (SSSR count). The van der Waals surface area contributed by atoms with Crippen molar-refractivity contribution in [2.24, 2.45) is 0 Å². The topological polar surface area (TPSA) is 32.7 Å². The van der Waals surface area contributed by atoms with Gasteiger partial charge in [0.2, 0.25) is 0 Å². The van der Waals surface area contributed by atoms with Gasteiger partial charge in [-0.15, -0.1) is 0 Å². The lowest BCUT2D eigenvalue weighted by molar-refractivity contribution is -0.153. The molecule has 1 heterocycles. The Bertz CT molecular complexity index is 497. The fourth-order valence-corrected chi connectivity index (χ4v) is 2.95. The van der Waals surface area contributed by atoms with E-state index in [0.717, 1.165) is 24.9 Å². The van der Waals surface area contributed by atoms with E-state index in [9.17, 15) is 18.3 Å². The van der Waals surface area contributed by atoms with Gasteiger partial charge in [-0.25, -0.2) is 0 Å². The molecule has 124 valence electrons. The number of halogens is 3. The molecule has 1 aliphatic rings. The van der Waals surface area contributed by atoms with Gasteiger partial charge in [-0.2, -0.15) is 13.2 Å². The van der Waals surface area contributed by atoms with Crippen LogP contribution in [-0.4, -0.2) is 41.0 Å². The van der Waals surface area contributed by atoms with Crippen LogP contribution < -0.4 is 4.74 Å². The van der Waals surface area contributed by atoms with Gasteiger partial charge in [-0.1, -0.05) is 12.1 Å².